The molecule has 0 spiro atoms. The fourth-order valence-electron chi connectivity index (χ4n) is 2.72. The zero-order valence-electron chi connectivity index (χ0n) is 12.0. The van der Waals surface area contributed by atoms with Gasteiger partial charge in [0.1, 0.15) is 0 Å². The SMILES string of the molecule is COCCC(C)N(CC1CCNCC1)C(C)C. The van der Waals surface area contributed by atoms with E-state index in [0.717, 1.165) is 18.9 Å². The maximum atomic E-state index is 5.20. The van der Waals surface area contributed by atoms with Crippen molar-refractivity contribution < 1.29 is 4.74 Å². The maximum absolute atomic E-state index is 5.20. The molecule has 0 aromatic carbocycles. The van der Waals surface area contributed by atoms with Crippen molar-refractivity contribution in [1.29, 1.82) is 0 Å². The Labute approximate surface area is 107 Å². The molecule has 1 N–H and O–H groups in total. The molecule has 1 unspecified atom stereocenters. The van der Waals surface area contributed by atoms with E-state index in [4.69, 9.17) is 4.74 Å². The Morgan fingerprint density at radius 2 is 1.88 bits per heavy atom. The maximum Gasteiger partial charge on any atom is 0.0477 e. The summed E-state index contributed by atoms with van der Waals surface area (Å²) in [5.74, 6) is 0.878. The molecule has 1 aliphatic rings. The number of rotatable bonds is 7. The van der Waals surface area contributed by atoms with Crippen LogP contribution in [0.4, 0.5) is 0 Å². The van der Waals surface area contributed by atoms with Crippen LogP contribution in [-0.2, 0) is 4.74 Å². The van der Waals surface area contributed by atoms with Crippen molar-refractivity contribution in [1.82, 2.24) is 10.2 Å². The van der Waals surface area contributed by atoms with Gasteiger partial charge in [-0.05, 0) is 59.0 Å². The third-order valence-electron chi connectivity index (χ3n) is 3.90. The van der Waals surface area contributed by atoms with Crippen LogP contribution in [0.15, 0.2) is 0 Å². The second kappa shape index (κ2) is 8.06. The fraction of sp³-hybridized carbons (Fsp3) is 1.00. The Kier molecular flexibility index (Phi) is 7.09. The predicted octanol–water partition coefficient (Wildman–Crippen LogP) is 2.12. The van der Waals surface area contributed by atoms with E-state index in [-0.39, 0.29) is 0 Å². The second-order valence-corrected chi connectivity index (χ2v) is 5.61. The minimum Gasteiger partial charge on any atom is -0.385 e. The molecule has 1 fully saturated rings. The van der Waals surface area contributed by atoms with Gasteiger partial charge in [-0.2, -0.15) is 0 Å². The lowest BCUT2D eigenvalue weighted by molar-refractivity contribution is 0.0944. The van der Waals surface area contributed by atoms with Crippen LogP contribution < -0.4 is 5.32 Å². The highest BCUT2D eigenvalue weighted by Crippen LogP contribution is 2.18. The van der Waals surface area contributed by atoms with Crippen molar-refractivity contribution in [3.63, 3.8) is 0 Å². The average molecular weight is 242 g/mol. The lowest BCUT2D eigenvalue weighted by atomic mass is 9.96. The molecule has 0 aromatic heterocycles. The first-order valence-electron chi connectivity index (χ1n) is 7.10. The third-order valence-corrected chi connectivity index (χ3v) is 3.90. The van der Waals surface area contributed by atoms with E-state index in [0.29, 0.717) is 12.1 Å². The van der Waals surface area contributed by atoms with E-state index in [2.05, 4.69) is 31.0 Å². The van der Waals surface area contributed by atoms with Crippen LogP contribution in [0.25, 0.3) is 0 Å². The van der Waals surface area contributed by atoms with Crippen LogP contribution in [0, 0.1) is 5.92 Å². The van der Waals surface area contributed by atoms with Crippen molar-refractivity contribution in [2.45, 2.75) is 52.1 Å². The van der Waals surface area contributed by atoms with E-state index in [1.807, 2.05) is 0 Å². The minimum atomic E-state index is 0.629. The molecule has 102 valence electrons. The van der Waals surface area contributed by atoms with Gasteiger partial charge >= 0.3 is 0 Å². The van der Waals surface area contributed by atoms with Crippen molar-refractivity contribution in [2.24, 2.45) is 5.92 Å². The van der Waals surface area contributed by atoms with Crippen LogP contribution in [-0.4, -0.2) is 50.3 Å². The van der Waals surface area contributed by atoms with Crippen LogP contribution in [0.5, 0.6) is 0 Å². The zero-order valence-corrected chi connectivity index (χ0v) is 12.0. The van der Waals surface area contributed by atoms with Crippen molar-refractivity contribution in [3.8, 4) is 0 Å². The third kappa shape index (κ3) is 5.36. The van der Waals surface area contributed by atoms with E-state index >= 15 is 0 Å². The van der Waals surface area contributed by atoms with Gasteiger partial charge in [-0.1, -0.05) is 0 Å². The molecule has 1 aliphatic heterocycles. The Morgan fingerprint density at radius 1 is 1.24 bits per heavy atom. The molecule has 3 heteroatoms. The number of nitrogens with zero attached hydrogens (tertiary/aromatic N) is 1. The summed E-state index contributed by atoms with van der Waals surface area (Å²) in [6.07, 6.45) is 3.81. The number of nitrogens with one attached hydrogen (secondary N) is 1. The molecule has 1 atom stereocenters. The molecule has 17 heavy (non-hydrogen) atoms. The van der Waals surface area contributed by atoms with Gasteiger partial charge in [0.25, 0.3) is 0 Å². The van der Waals surface area contributed by atoms with Gasteiger partial charge in [0.05, 0.1) is 0 Å². The summed E-state index contributed by atoms with van der Waals surface area (Å²) in [5.41, 5.74) is 0. The number of hydrogen-bond acceptors (Lipinski definition) is 3. The van der Waals surface area contributed by atoms with Crippen molar-refractivity contribution in [2.75, 3.05) is 33.4 Å². The second-order valence-electron chi connectivity index (χ2n) is 5.61. The summed E-state index contributed by atoms with van der Waals surface area (Å²) >= 11 is 0. The molecule has 3 nitrogen and oxygen atoms in total. The summed E-state index contributed by atoms with van der Waals surface area (Å²) in [4.78, 5) is 2.65. The minimum absolute atomic E-state index is 0.629. The summed E-state index contributed by atoms with van der Waals surface area (Å²) in [5, 5.41) is 3.44. The number of piperidine rings is 1. The lowest BCUT2D eigenvalue weighted by Crippen LogP contribution is -2.44. The summed E-state index contributed by atoms with van der Waals surface area (Å²) < 4.78 is 5.20. The van der Waals surface area contributed by atoms with Gasteiger partial charge < -0.3 is 10.1 Å². The van der Waals surface area contributed by atoms with Crippen molar-refractivity contribution >= 4 is 0 Å². The van der Waals surface area contributed by atoms with Gasteiger partial charge in [-0.15, -0.1) is 0 Å². The summed E-state index contributed by atoms with van der Waals surface area (Å²) in [7, 11) is 1.79. The lowest BCUT2D eigenvalue weighted by Gasteiger charge is -2.37. The highest BCUT2D eigenvalue weighted by Gasteiger charge is 2.22. The largest absolute Gasteiger partial charge is 0.385 e. The Balaban J connectivity index is 2.40. The standard InChI is InChI=1S/C14H30N2O/c1-12(2)16(13(3)7-10-17-4)11-14-5-8-15-9-6-14/h12-15H,5-11H2,1-4H3. The molecule has 1 heterocycles. The highest BCUT2D eigenvalue weighted by molar-refractivity contribution is 4.77. The Bertz CT molecular complexity index is 191. The topological polar surface area (TPSA) is 24.5 Å². The smallest absolute Gasteiger partial charge is 0.0477 e. The zero-order chi connectivity index (χ0) is 12.7. The molecule has 0 saturated carbocycles. The normalized spacial score (nSPS) is 20.1. The molecule has 1 rings (SSSR count). The quantitative estimate of drug-likeness (QED) is 0.740. The average Bonchev–Trinajstić information content (AvgIpc) is 2.34. The first-order chi connectivity index (χ1) is 8.15. The van der Waals surface area contributed by atoms with Crippen molar-refractivity contribution in [3.05, 3.63) is 0 Å². The predicted molar refractivity (Wildman–Crippen MR) is 73.4 cm³/mol. The summed E-state index contributed by atoms with van der Waals surface area (Å²) in [6, 6.07) is 1.27. The molecule has 0 radical (unpaired) electrons. The molecule has 0 amide bonds. The van der Waals surface area contributed by atoms with Gasteiger partial charge in [-0.3, -0.25) is 4.90 Å². The molecular formula is C14H30N2O. The van der Waals surface area contributed by atoms with Crippen LogP contribution >= 0.6 is 0 Å². The van der Waals surface area contributed by atoms with Crippen LogP contribution in [0.1, 0.15) is 40.0 Å². The highest BCUT2D eigenvalue weighted by atomic mass is 16.5. The van der Waals surface area contributed by atoms with E-state index in [9.17, 15) is 0 Å². The fourth-order valence-corrected chi connectivity index (χ4v) is 2.72. The monoisotopic (exact) mass is 242 g/mol. The van der Waals surface area contributed by atoms with Gasteiger partial charge in [0.15, 0.2) is 0 Å². The number of ether oxygens (including phenoxy) is 1. The van der Waals surface area contributed by atoms with E-state index in [1.54, 1.807) is 7.11 Å². The summed E-state index contributed by atoms with van der Waals surface area (Å²) in [6.45, 7) is 11.5. The first kappa shape index (κ1) is 14.9. The van der Waals surface area contributed by atoms with Gasteiger partial charge in [-0.25, -0.2) is 0 Å². The molecule has 1 saturated heterocycles. The van der Waals surface area contributed by atoms with Crippen LogP contribution in [0.3, 0.4) is 0 Å². The molecule has 0 aromatic rings. The van der Waals surface area contributed by atoms with Crippen LogP contribution in [0.2, 0.25) is 0 Å². The molecule has 0 bridgehead atoms. The van der Waals surface area contributed by atoms with E-state index in [1.165, 1.54) is 32.5 Å². The van der Waals surface area contributed by atoms with E-state index < -0.39 is 0 Å². The number of hydrogen-bond donors (Lipinski definition) is 1. The Hall–Kier alpha value is -0.120. The van der Waals surface area contributed by atoms with Gasteiger partial charge in [0, 0.05) is 32.3 Å². The molecular weight excluding hydrogens is 212 g/mol. The first-order valence-corrected chi connectivity index (χ1v) is 7.10. The van der Waals surface area contributed by atoms with Gasteiger partial charge in [0.2, 0.25) is 0 Å². The molecule has 0 aliphatic carbocycles. The number of methoxy groups -OCH3 is 1. The Morgan fingerprint density at radius 3 is 2.41 bits per heavy atom.